The standard InChI is InChI=1S/C13H22N4O/c1-17(11-3-2-7-14-8-6-11)9-12-15-13(18-16-12)10-4-5-10/h10-11,14H,2-9H2,1H3. The molecule has 1 saturated heterocycles. The molecule has 18 heavy (non-hydrogen) atoms. The lowest BCUT2D eigenvalue weighted by molar-refractivity contribution is 0.209. The van der Waals surface area contributed by atoms with Crippen LogP contribution in [-0.2, 0) is 6.54 Å². The van der Waals surface area contributed by atoms with Gasteiger partial charge in [0.05, 0.1) is 6.54 Å². The third-order valence-electron chi connectivity index (χ3n) is 3.97. The molecule has 1 aliphatic heterocycles. The minimum Gasteiger partial charge on any atom is -0.339 e. The topological polar surface area (TPSA) is 54.2 Å². The van der Waals surface area contributed by atoms with Crippen molar-refractivity contribution in [1.82, 2.24) is 20.4 Å². The average Bonchev–Trinajstić information content (AvgIpc) is 3.16. The van der Waals surface area contributed by atoms with Crippen LogP contribution in [-0.4, -0.2) is 41.2 Å². The van der Waals surface area contributed by atoms with Crippen LogP contribution >= 0.6 is 0 Å². The lowest BCUT2D eigenvalue weighted by Gasteiger charge is -2.25. The number of aromatic nitrogens is 2. The highest BCUT2D eigenvalue weighted by molar-refractivity contribution is 5.01. The van der Waals surface area contributed by atoms with Gasteiger partial charge < -0.3 is 9.84 Å². The number of rotatable bonds is 4. The van der Waals surface area contributed by atoms with Crippen LogP contribution in [0.5, 0.6) is 0 Å². The van der Waals surface area contributed by atoms with E-state index in [-0.39, 0.29) is 0 Å². The maximum Gasteiger partial charge on any atom is 0.229 e. The van der Waals surface area contributed by atoms with Gasteiger partial charge in [-0.3, -0.25) is 4.90 Å². The second-order valence-electron chi connectivity index (χ2n) is 5.57. The maximum absolute atomic E-state index is 5.30. The van der Waals surface area contributed by atoms with Crippen molar-refractivity contribution < 1.29 is 4.52 Å². The molecule has 5 nitrogen and oxygen atoms in total. The van der Waals surface area contributed by atoms with Crippen LogP contribution in [0.15, 0.2) is 4.52 Å². The van der Waals surface area contributed by atoms with E-state index in [0.29, 0.717) is 12.0 Å². The highest BCUT2D eigenvalue weighted by Gasteiger charge is 2.30. The van der Waals surface area contributed by atoms with E-state index in [1.807, 2.05) is 0 Å². The first kappa shape index (κ1) is 12.1. The van der Waals surface area contributed by atoms with Gasteiger partial charge in [0.1, 0.15) is 0 Å². The van der Waals surface area contributed by atoms with Gasteiger partial charge in [-0.2, -0.15) is 4.98 Å². The summed E-state index contributed by atoms with van der Waals surface area (Å²) in [7, 11) is 2.17. The van der Waals surface area contributed by atoms with Crippen molar-refractivity contribution in [3.05, 3.63) is 11.7 Å². The Hall–Kier alpha value is -0.940. The van der Waals surface area contributed by atoms with Gasteiger partial charge in [-0.1, -0.05) is 5.16 Å². The molecule has 0 radical (unpaired) electrons. The lowest BCUT2D eigenvalue weighted by Crippen LogP contribution is -2.32. The SMILES string of the molecule is CN(Cc1noc(C2CC2)n1)C1CCCNCC1. The van der Waals surface area contributed by atoms with Gasteiger partial charge >= 0.3 is 0 Å². The van der Waals surface area contributed by atoms with Crippen LogP contribution in [0.25, 0.3) is 0 Å². The smallest absolute Gasteiger partial charge is 0.229 e. The zero-order valence-electron chi connectivity index (χ0n) is 11.1. The Balaban J connectivity index is 1.56. The molecule has 0 amide bonds. The molecular weight excluding hydrogens is 228 g/mol. The van der Waals surface area contributed by atoms with Gasteiger partial charge in [-0.25, -0.2) is 0 Å². The van der Waals surface area contributed by atoms with Gasteiger partial charge in [0.2, 0.25) is 5.89 Å². The van der Waals surface area contributed by atoms with Crippen molar-refractivity contribution in [3.63, 3.8) is 0 Å². The Morgan fingerprint density at radius 3 is 3.00 bits per heavy atom. The fourth-order valence-electron chi connectivity index (χ4n) is 2.62. The van der Waals surface area contributed by atoms with Gasteiger partial charge in [-0.15, -0.1) is 0 Å². The van der Waals surface area contributed by atoms with Crippen LogP contribution in [0.4, 0.5) is 0 Å². The van der Waals surface area contributed by atoms with Crippen LogP contribution in [0, 0.1) is 0 Å². The van der Waals surface area contributed by atoms with E-state index < -0.39 is 0 Å². The number of hydrogen-bond donors (Lipinski definition) is 1. The first-order valence-corrected chi connectivity index (χ1v) is 7.06. The molecule has 1 aromatic heterocycles. The number of hydrogen-bond acceptors (Lipinski definition) is 5. The molecular formula is C13H22N4O. The molecule has 0 spiro atoms. The van der Waals surface area contributed by atoms with E-state index in [9.17, 15) is 0 Å². The highest BCUT2D eigenvalue weighted by Crippen LogP contribution is 2.38. The third kappa shape index (κ3) is 2.90. The fraction of sp³-hybridized carbons (Fsp3) is 0.846. The largest absolute Gasteiger partial charge is 0.339 e. The summed E-state index contributed by atoms with van der Waals surface area (Å²) < 4.78 is 5.30. The molecule has 0 bridgehead atoms. The average molecular weight is 250 g/mol. The summed E-state index contributed by atoms with van der Waals surface area (Å²) >= 11 is 0. The second kappa shape index (κ2) is 5.36. The lowest BCUT2D eigenvalue weighted by atomic mass is 10.1. The normalized spacial score (nSPS) is 25.3. The first-order valence-electron chi connectivity index (χ1n) is 7.06. The Labute approximate surface area is 108 Å². The minimum absolute atomic E-state index is 0.554. The summed E-state index contributed by atoms with van der Waals surface area (Å²) in [6.45, 7) is 3.08. The molecule has 5 heteroatoms. The Morgan fingerprint density at radius 1 is 1.28 bits per heavy atom. The van der Waals surface area contributed by atoms with Crippen molar-refractivity contribution in [1.29, 1.82) is 0 Å². The monoisotopic (exact) mass is 250 g/mol. The summed E-state index contributed by atoms with van der Waals surface area (Å²) in [6, 6.07) is 0.642. The molecule has 2 heterocycles. The number of nitrogens with one attached hydrogen (secondary N) is 1. The van der Waals surface area contributed by atoms with Crippen molar-refractivity contribution in [2.75, 3.05) is 20.1 Å². The van der Waals surface area contributed by atoms with Gasteiger partial charge in [0, 0.05) is 12.0 Å². The minimum atomic E-state index is 0.554. The Bertz CT molecular complexity index is 380. The fourth-order valence-corrected chi connectivity index (χ4v) is 2.62. The number of nitrogens with zero attached hydrogens (tertiary/aromatic N) is 3. The van der Waals surface area contributed by atoms with Gasteiger partial charge in [0.25, 0.3) is 0 Å². The zero-order valence-corrected chi connectivity index (χ0v) is 11.1. The highest BCUT2D eigenvalue weighted by atomic mass is 16.5. The van der Waals surface area contributed by atoms with Crippen LogP contribution in [0.2, 0.25) is 0 Å². The van der Waals surface area contributed by atoms with Crippen molar-refractivity contribution in [3.8, 4) is 0 Å². The molecule has 1 aromatic rings. The quantitative estimate of drug-likeness (QED) is 0.878. The van der Waals surface area contributed by atoms with Crippen molar-refractivity contribution in [2.45, 2.75) is 50.6 Å². The summed E-state index contributed by atoms with van der Waals surface area (Å²) in [5, 5.41) is 7.54. The molecule has 1 saturated carbocycles. The Morgan fingerprint density at radius 2 is 2.17 bits per heavy atom. The van der Waals surface area contributed by atoms with Crippen molar-refractivity contribution >= 4 is 0 Å². The molecule has 1 aliphatic carbocycles. The van der Waals surface area contributed by atoms with E-state index in [1.54, 1.807) is 0 Å². The summed E-state index contributed by atoms with van der Waals surface area (Å²) in [5.74, 6) is 2.25. The van der Waals surface area contributed by atoms with Gasteiger partial charge in [-0.05, 0) is 52.2 Å². The predicted molar refractivity (Wildman–Crippen MR) is 68.2 cm³/mol. The summed E-state index contributed by atoms with van der Waals surface area (Å²) in [6.07, 6.45) is 6.16. The molecule has 2 aliphatic rings. The summed E-state index contributed by atoms with van der Waals surface area (Å²) in [4.78, 5) is 6.87. The molecule has 1 unspecified atom stereocenters. The third-order valence-corrected chi connectivity index (χ3v) is 3.97. The van der Waals surface area contributed by atoms with Crippen molar-refractivity contribution in [2.24, 2.45) is 0 Å². The van der Waals surface area contributed by atoms with Crippen LogP contribution in [0.3, 0.4) is 0 Å². The Kier molecular flexibility index (Phi) is 3.61. The van der Waals surface area contributed by atoms with E-state index in [0.717, 1.165) is 31.3 Å². The molecule has 0 aromatic carbocycles. The second-order valence-corrected chi connectivity index (χ2v) is 5.57. The first-order chi connectivity index (χ1) is 8.83. The molecule has 3 rings (SSSR count). The van der Waals surface area contributed by atoms with E-state index in [2.05, 4.69) is 27.4 Å². The summed E-state index contributed by atoms with van der Waals surface area (Å²) in [5.41, 5.74) is 0. The predicted octanol–water partition coefficient (Wildman–Crippen LogP) is 1.52. The molecule has 2 fully saturated rings. The maximum atomic E-state index is 5.30. The van der Waals surface area contributed by atoms with Crippen LogP contribution < -0.4 is 5.32 Å². The van der Waals surface area contributed by atoms with Crippen LogP contribution in [0.1, 0.15) is 49.7 Å². The molecule has 100 valence electrons. The molecule has 1 N–H and O–H groups in total. The van der Waals surface area contributed by atoms with Gasteiger partial charge in [0.15, 0.2) is 5.82 Å². The molecule has 1 atom stereocenters. The van der Waals surface area contributed by atoms with E-state index >= 15 is 0 Å². The zero-order chi connectivity index (χ0) is 12.4. The van der Waals surface area contributed by atoms with E-state index in [1.165, 1.54) is 32.1 Å². The van der Waals surface area contributed by atoms with E-state index in [4.69, 9.17) is 4.52 Å².